The smallest absolute Gasteiger partial charge is 0.542 e. The maximum absolute atomic E-state index is 11.2. The number of carbonyl (C=O) groups is 2. The van der Waals surface area contributed by atoms with Gasteiger partial charge in [-0.25, -0.2) is 0 Å². The number of amides is 1. The van der Waals surface area contributed by atoms with Gasteiger partial charge in [0.25, 0.3) is 0 Å². The first-order chi connectivity index (χ1) is 10.3. The van der Waals surface area contributed by atoms with Crippen LogP contribution in [0.15, 0.2) is 16.9 Å². The first kappa shape index (κ1) is 21.7. The number of carboxylic acid groups (broad SMARTS) is 1. The van der Waals surface area contributed by atoms with Crippen molar-refractivity contribution in [2.75, 3.05) is 6.61 Å². The van der Waals surface area contributed by atoms with Crippen LogP contribution in [0.25, 0.3) is 10.4 Å². The summed E-state index contributed by atoms with van der Waals surface area (Å²) in [6, 6.07) is -2.34. The van der Waals surface area contributed by atoms with Gasteiger partial charge in [0.1, 0.15) is 30.0 Å². The average molecular weight is 338 g/mol. The molecule has 1 amide bonds. The fourth-order valence-corrected chi connectivity index (χ4v) is 2.00. The molecule has 122 valence electrons. The van der Waals surface area contributed by atoms with Crippen molar-refractivity contribution >= 4 is 11.9 Å². The van der Waals surface area contributed by atoms with Crippen LogP contribution in [0, 0.1) is 0 Å². The average Bonchev–Trinajstić information content (AvgIpc) is 2.46. The van der Waals surface area contributed by atoms with Gasteiger partial charge in [0, 0.05) is 11.8 Å². The van der Waals surface area contributed by atoms with E-state index in [-0.39, 0.29) is 29.6 Å². The summed E-state index contributed by atoms with van der Waals surface area (Å²) in [5, 5.41) is 44.9. The van der Waals surface area contributed by atoms with Crippen molar-refractivity contribution in [1.29, 1.82) is 0 Å². The molecule has 1 rings (SSSR count). The molecule has 1 aliphatic rings. The molecule has 0 saturated heterocycles. The number of aliphatic hydroxyl groups excluding tert-OH is 3. The minimum absolute atomic E-state index is 0. The number of nitrogens with one attached hydrogen (secondary N) is 1. The van der Waals surface area contributed by atoms with E-state index in [1.54, 1.807) is 0 Å². The zero-order chi connectivity index (χ0) is 16.9. The second kappa shape index (κ2) is 9.73. The molecule has 11 nitrogen and oxygen atoms in total. The van der Waals surface area contributed by atoms with Gasteiger partial charge in [0.15, 0.2) is 0 Å². The van der Waals surface area contributed by atoms with Crippen molar-refractivity contribution in [3.05, 3.63) is 22.3 Å². The summed E-state index contributed by atoms with van der Waals surface area (Å²) in [6.07, 6.45) is -3.96. The number of aliphatic carboxylic acids is 1. The molecule has 23 heavy (non-hydrogen) atoms. The molecule has 1 aliphatic heterocycles. The molecule has 0 aromatic rings. The largest absolute Gasteiger partial charge is 1.00 e. The molecule has 5 atom stereocenters. The number of carbonyl (C=O) groups excluding carboxylic acids is 2. The summed E-state index contributed by atoms with van der Waals surface area (Å²) >= 11 is 0. The molecule has 0 aromatic carbocycles. The topological polar surface area (TPSA) is 188 Å². The summed E-state index contributed by atoms with van der Waals surface area (Å²) in [4.78, 5) is 24.7. The first-order valence-electron chi connectivity index (χ1n) is 6.20. The van der Waals surface area contributed by atoms with E-state index < -0.39 is 54.6 Å². The molecule has 1 heterocycles. The predicted molar refractivity (Wildman–Crippen MR) is 67.6 cm³/mol. The summed E-state index contributed by atoms with van der Waals surface area (Å²) in [7, 11) is 0. The SMILES string of the molecule is CC(=O)N[C@@H]1C(N=[N+]=[N-])C=C(C(=O)[O-])O[C@H]1[C@H](O)[C@H](O)CO.[Na+]. The molecule has 0 fully saturated rings. The van der Waals surface area contributed by atoms with Crippen LogP contribution in [0.1, 0.15) is 6.92 Å². The normalized spacial score (nSPS) is 25.6. The molecule has 0 radical (unpaired) electrons. The Balaban J connectivity index is 0.00000484. The number of azide groups is 1. The Bertz CT molecular complexity index is 523. The van der Waals surface area contributed by atoms with E-state index in [0.29, 0.717) is 0 Å². The van der Waals surface area contributed by atoms with E-state index in [4.69, 9.17) is 15.4 Å². The Hall–Kier alpha value is -1.33. The summed E-state index contributed by atoms with van der Waals surface area (Å²) in [5.74, 6) is -3.00. The van der Waals surface area contributed by atoms with Crippen molar-refractivity contribution in [1.82, 2.24) is 5.32 Å². The Morgan fingerprint density at radius 3 is 2.61 bits per heavy atom. The zero-order valence-electron chi connectivity index (χ0n) is 12.5. The Labute approximate surface area is 152 Å². The number of aliphatic hydroxyl groups is 3. The van der Waals surface area contributed by atoms with Gasteiger partial charge in [0.05, 0.1) is 18.7 Å². The Morgan fingerprint density at radius 2 is 2.17 bits per heavy atom. The molecule has 0 spiro atoms. The fourth-order valence-electron chi connectivity index (χ4n) is 2.00. The van der Waals surface area contributed by atoms with E-state index in [0.717, 1.165) is 13.0 Å². The van der Waals surface area contributed by atoms with Crippen LogP contribution in [0.5, 0.6) is 0 Å². The second-order valence-corrected chi connectivity index (χ2v) is 4.56. The summed E-state index contributed by atoms with van der Waals surface area (Å²) in [5.41, 5.74) is 8.54. The van der Waals surface area contributed by atoms with Gasteiger partial charge >= 0.3 is 29.6 Å². The predicted octanol–water partition coefficient (Wildman–Crippen LogP) is -6.08. The van der Waals surface area contributed by atoms with Crippen LogP contribution in [0.4, 0.5) is 0 Å². The second-order valence-electron chi connectivity index (χ2n) is 4.56. The number of hydrogen-bond donors (Lipinski definition) is 4. The van der Waals surface area contributed by atoms with Crippen LogP contribution in [-0.4, -0.2) is 64.2 Å². The van der Waals surface area contributed by atoms with Crippen LogP contribution in [0.2, 0.25) is 0 Å². The van der Waals surface area contributed by atoms with Crippen molar-refractivity contribution in [3.63, 3.8) is 0 Å². The molecular weight excluding hydrogens is 323 g/mol. The quantitative estimate of drug-likeness (QED) is 0.160. The summed E-state index contributed by atoms with van der Waals surface area (Å²) in [6.45, 7) is 0.321. The number of carboxylic acids is 1. The van der Waals surface area contributed by atoms with E-state index in [1.165, 1.54) is 0 Å². The van der Waals surface area contributed by atoms with Crippen molar-refractivity contribution in [2.24, 2.45) is 5.11 Å². The maximum atomic E-state index is 11.2. The van der Waals surface area contributed by atoms with E-state index in [9.17, 15) is 24.9 Å². The molecule has 4 N–H and O–H groups in total. The number of hydrogen-bond acceptors (Lipinski definition) is 8. The van der Waals surface area contributed by atoms with Crippen molar-refractivity contribution in [2.45, 2.75) is 37.3 Å². The van der Waals surface area contributed by atoms with Gasteiger partial charge in [-0.15, -0.1) is 0 Å². The maximum Gasteiger partial charge on any atom is 1.00 e. The van der Waals surface area contributed by atoms with Crippen molar-refractivity contribution < 1.29 is 64.3 Å². The number of ether oxygens (including phenoxy) is 1. The molecular formula is C11H15N4NaO7. The van der Waals surface area contributed by atoms with E-state index in [1.807, 2.05) is 0 Å². The van der Waals surface area contributed by atoms with E-state index in [2.05, 4.69) is 15.3 Å². The molecule has 0 aliphatic carbocycles. The monoisotopic (exact) mass is 338 g/mol. The molecule has 0 bridgehead atoms. The Kier molecular flexibility index (Phi) is 9.17. The number of rotatable bonds is 6. The Morgan fingerprint density at radius 1 is 1.57 bits per heavy atom. The van der Waals surface area contributed by atoms with Crippen LogP contribution in [-0.2, 0) is 14.3 Å². The third-order valence-corrected chi connectivity index (χ3v) is 2.98. The van der Waals surface area contributed by atoms with Gasteiger partial charge in [-0.1, -0.05) is 5.11 Å². The summed E-state index contributed by atoms with van der Waals surface area (Å²) < 4.78 is 5.00. The van der Waals surface area contributed by atoms with Crippen LogP contribution < -0.4 is 40.0 Å². The molecule has 12 heteroatoms. The van der Waals surface area contributed by atoms with Crippen LogP contribution >= 0.6 is 0 Å². The molecule has 0 saturated carbocycles. The minimum Gasteiger partial charge on any atom is -0.542 e. The van der Waals surface area contributed by atoms with Gasteiger partial charge < -0.3 is 35.3 Å². The molecule has 1 unspecified atom stereocenters. The standard InChI is InChI=1S/C11H16N4O7.Na/c1-4(17)13-8-5(14-15-12)2-7(11(20)21)22-10(8)9(19)6(18)3-16;/h2,5-6,8-10,16,18-19H,3H2,1H3,(H,13,17)(H,20,21);/q;+1/p-1/t5?,6-,8-,9-,10-;/m1./s1. The fraction of sp³-hybridized carbons (Fsp3) is 0.636. The van der Waals surface area contributed by atoms with Gasteiger partial charge in [-0.05, 0) is 11.6 Å². The first-order valence-corrected chi connectivity index (χ1v) is 6.20. The van der Waals surface area contributed by atoms with Gasteiger partial charge in [-0.2, -0.15) is 0 Å². The van der Waals surface area contributed by atoms with E-state index >= 15 is 0 Å². The van der Waals surface area contributed by atoms with Gasteiger partial charge in [0.2, 0.25) is 5.91 Å². The number of nitrogens with zero attached hydrogens (tertiary/aromatic N) is 3. The third kappa shape index (κ3) is 5.66. The van der Waals surface area contributed by atoms with Crippen LogP contribution in [0.3, 0.4) is 0 Å². The third-order valence-electron chi connectivity index (χ3n) is 2.98. The van der Waals surface area contributed by atoms with Crippen molar-refractivity contribution in [3.8, 4) is 0 Å². The zero-order valence-corrected chi connectivity index (χ0v) is 14.5. The minimum atomic E-state index is -1.75. The molecule has 0 aromatic heterocycles. The van der Waals surface area contributed by atoms with Gasteiger partial charge in [-0.3, -0.25) is 4.79 Å².